The average molecular weight is 233 g/mol. The number of methoxy groups -OCH3 is 1. The summed E-state index contributed by atoms with van der Waals surface area (Å²) in [5.41, 5.74) is 1.59. The fourth-order valence-electron chi connectivity index (χ4n) is 1.85. The molecule has 0 aromatic carbocycles. The molecule has 0 saturated heterocycles. The van der Waals surface area contributed by atoms with E-state index in [1.807, 2.05) is 6.07 Å². The predicted molar refractivity (Wildman–Crippen MR) is 58.5 cm³/mol. The van der Waals surface area contributed by atoms with E-state index >= 15 is 0 Å². The summed E-state index contributed by atoms with van der Waals surface area (Å²) in [5.74, 6) is -0.358. The van der Waals surface area contributed by atoms with E-state index < -0.39 is 5.97 Å². The number of rotatable bonds is 3. The van der Waals surface area contributed by atoms with Crippen molar-refractivity contribution < 1.29 is 14.6 Å². The summed E-state index contributed by atoms with van der Waals surface area (Å²) in [5, 5.41) is 13.4. The second-order valence-electron chi connectivity index (χ2n) is 4.10. The second-order valence-corrected chi connectivity index (χ2v) is 4.10. The topological polar surface area (TPSA) is 76.7 Å². The molecule has 2 heterocycles. The third kappa shape index (κ3) is 1.52. The number of nitrogens with zero attached hydrogens (tertiary/aromatic N) is 3. The normalized spacial score (nSPS) is 15.1. The van der Waals surface area contributed by atoms with Crippen LogP contribution in [0.15, 0.2) is 12.3 Å². The average Bonchev–Trinajstić information content (AvgIpc) is 3.07. The Morgan fingerprint density at radius 2 is 2.35 bits per heavy atom. The van der Waals surface area contributed by atoms with Crippen molar-refractivity contribution in [1.29, 1.82) is 0 Å². The maximum atomic E-state index is 11.0. The Kier molecular flexibility index (Phi) is 2.04. The van der Waals surface area contributed by atoms with Crippen molar-refractivity contribution in [2.45, 2.75) is 18.8 Å². The number of carboxylic acids is 1. The molecule has 2 aromatic heterocycles. The van der Waals surface area contributed by atoms with Gasteiger partial charge in [0, 0.05) is 18.2 Å². The van der Waals surface area contributed by atoms with E-state index in [-0.39, 0.29) is 11.4 Å². The molecule has 1 aliphatic rings. The van der Waals surface area contributed by atoms with Crippen molar-refractivity contribution in [3.8, 4) is 5.88 Å². The highest BCUT2D eigenvalue weighted by Gasteiger charge is 2.27. The summed E-state index contributed by atoms with van der Waals surface area (Å²) >= 11 is 0. The van der Waals surface area contributed by atoms with Crippen LogP contribution in [-0.2, 0) is 0 Å². The molecule has 1 N–H and O–H groups in total. The number of carbonyl (C=O) groups is 1. The fourth-order valence-corrected chi connectivity index (χ4v) is 1.85. The molecule has 0 aliphatic heterocycles. The van der Waals surface area contributed by atoms with E-state index in [0.717, 1.165) is 18.5 Å². The lowest BCUT2D eigenvalue weighted by Gasteiger charge is -2.05. The Morgan fingerprint density at radius 3 is 2.94 bits per heavy atom. The quantitative estimate of drug-likeness (QED) is 0.864. The molecule has 17 heavy (non-hydrogen) atoms. The largest absolute Gasteiger partial charge is 0.480 e. The van der Waals surface area contributed by atoms with Crippen LogP contribution in [-0.4, -0.2) is 32.8 Å². The SMILES string of the molecule is COc1c(C(=O)O)cnc2cc(C3CC3)nn12. The zero-order valence-corrected chi connectivity index (χ0v) is 9.25. The first-order valence-electron chi connectivity index (χ1n) is 5.36. The first-order chi connectivity index (χ1) is 8.20. The molecule has 0 unspecified atom stereocenters. The number of aromatic nitrogens is 3. The van der Waals surface area contributed by atoms with Gasteiger partial charge in [0.15, 0.2) is 5.65 Å². The third-order valence-corrected chi connectivity index (χ3v) is 2.88. The molecule has 1 fully saturated rings. The van der Waals surface area contributed by atoms with Gasteiger partial charge in [-0.05, 0) is 12.8 Å². The van der Waals surface area contributed by atoms with Crippen molar-refractivity contribution >= 4 is 11.6 Å². The molecule has 0 atom stereocenters. The van der Waals surface area contributed by atoms with Crippen molar-refractivity contribution in [2.75, 3.05) is 7.11 Å². The molecule has 0 radical (unpaired) electrons. The molecule has 88 valence electrons. The van der Waals surface area contributed by atoms with Gasteiger partial charge in [-0.25, -0.2) is 9.78 Å². The van der Waals surface area contributed by atoms with E-state index in [1.54, 1.807) is 0 Å². The fraction of sp³-hybridized carbons (Fsp3) is 0.364. The predicted octanol–water partition coefficient (Wildman–Crippen LogP) is 1.31. The summed E-state index contributed by atoms with van der Waals surface area (Å²) in [6.45, 7) is 0. The molecule has 6 heteroatoms. The van der Waals surface area contributed by atoms with Gasteiger partial charge >= 0.3 is 5.97 Å². The molecule has 0 bridgehead atoms. The number of aromatic carboxylic acids is 1. The minimum atomic E-state index is -1.07. The van der Waals surface area contributed by atoms with Crippen LogP contribution < -0.4 is 4.74 Å². The summed E-state index contributed by atoms with van der Waals surface area (Å²) in [7, 11) is 1.43. The Morgan fingerprint density at radius 1 is 1.59 bits per heavy atom. The highest BCUT2D eigenvalue weighted by Crippen LogP contribution is 2.39. The maximum Gasteiger partial charge on any atom is 0.342 e. The second kappa shape index (κ2) is 3.44. The Bertz CT molecular complexity index is 601. The minimum Gasteiger partial charge on any atom is -0.480 e. The van der Waals surface area contributed by atoms with E-state index in [2.05, 4.69) is 10.1 Å². The number of ether oxygens (including phenoxy) is 1. The smallest absolute Gasteiger partial charge is 0.342 e. The van der Waals surface area contributed by atoms with Gasteiger partial charge in [0.2, 0.25) is 5.88 Å². The molecular weight excluding hydrogens is 222 g/mol. The number of hydrogen-bond acceptors (Lipinski definition) is 4. The Labute approximate surface area is 96.8 Å². The lowest BCUT2D eigenvalue weighted by atomic mass is 10.3. The number of fused-ring (bicyclic) bond motifs is 1. The minimum absolute atomic E-state index is 0.0189. The summed E-state index contributed by atoms with van der Waals surface area (Å²) in [4.78, 5) is 15.1. The van der Waals surface area contributed by atoms with Crippen LogP contribution in [0.1, 0.15) is 34.8 Å². The van der Waals surface area contributed by atoms with Crippen molar-refractivity contribution in [3.05, 3.63) is 23.5 Å². The van der Waals surface area contributed by atoms with Gasteiger partial charge in [-0.1, -0.05) is 0 Å². The first-order valence-corrected chi connectivity index (χ1v) is 5.36. The summed E-state index contributed by atoms with van der Waals surface area (Å²) in [6, 6.07) is 1.88. The van der Waals surface area contributed by atoms with Gasteiger partial charge in [0.1, 0.15) is 5.56 Å². The zero-order chi connectivity index (χ0) is 12.0. The standard InChI is InChI=1S/C11H11N3O3/c1-17-10-7(11(15)16)5-12-9-4-8(6-2-3-6)13-14(9)10/h4-6H,2-3H2,1H3,(H,15,16). The van der Waals surface area contributed by atoms with E-state index in [4.69, 9.17) is 9.84 Å². The van der Waals surface area contributed by atoms with E-state index in [9.17, 15) is 4.79 Å². The van der Waals surface area contributed by atoms with Crippen LogP contribution in [0.5, 0.6) is 5.88 Å². The zero-order valence-electron chi connectivity index (χ0n) is 9.25. The molecule has 0 amide bonds. The van der Waals surface area contributed by atoms with Crippen LogP contribution in [0.2, 0.25) is 0 Å². The molecular formula is C11H11N3O3. The highest BCUT2D eigenvalue weighted by atomic mass is 16.5. The van der Waals surface area contributed by atoms with Crippen LogP contribution in [0.4, 0.5) is 0 Å². The number of hydrogen-bond donors (Lipinski definition) is 1. The maximum absolute atomic E-state index is 11.0. The van der Waals surface area contributed by atoms with Gasteiger partial charge in [-0.3, -0.25) is 0 Å². The molecule has 2 aromatic rings. The molecule has 0 spiro atoms. The van der Waals surface area contributed by atoms with Crippen molar-refractivity contribution in [3.63, 3.8) is 0 Å². The summed E-state index contributed by atoms with van der Waals surface area (Å²) < 4.78 is 6.57. The van der Waals surface area contributed by atoms with Gasteiger partial charge in [-0.2, -0.15) is 9.61 Å². The van der Waals surface area contributed by atoms with Crippen LogP contribution in [0.25, 0.3) is 5.65 Å². The van der Waals surface area contributed by atoms with E-state index in [0.29, 0.717) is 11.6 Å². The lowest BCUT2D eigenvalue weighted by molar-refractivity contribution is 0.0691. The molecule has 1 saturated carbocycles. The lowest BCUT2D eigenvalue weighted by Crippen LogP contribution is -2.07. The summed E-state index contributed by atoms with van der Waals surface area (Å²) in [6.07, 6.45) is 3.57. The monoisotopic (exact) mass is 233 g/mol. The van der Waals surface area contributed by atoms with Crippen LogP contribution >= 0.6 is 0 Å². The number of carboxylic acid groups (broad SMARTS) is 1. The van der Waals surface area contributed by atoms with Gasteiger partial charge in [0.05, 0.1) is 12.8 Å². The Balaban J connectivity index is 2.23. The Hall–Kier alpha value is -2.11. The molecule has 3 rings (SSSR count). The molecule has 1 aliphatic carbocycles. The van der Waals surface area contributed by atoms with Gasteiger partial charge in [-0.15, -0.1) is 0 Å². The van der Waals surface area contributed by atoms with Gasteiger partial charge < -0.3 is 9.84 Å². The van der Waals surface area contributed by atoms with Crippen LogP contribution in [0, 0.1) is 0 Å². The molecule has 6 nitrogen and oxygen atoms in total. The van der Waals surface area contributed by atoms with E-state index in [1.165, 1.54) is 17.8 Å². The van der Waals surface area contributed by atoms with Crippen molar-refractivity contribution in [2.24, 2.45) is 0 Å². The third-order valence-electron chi connectivity index (χ3n) is 2.88. The van der Waals surface area contributed by atoms with Gasteiger partial charge in [0.25, 0.3) is 0 Å². The highest BCUT2D eigenvalue weighted by molar-refractivity contribution is 5.90. The van der Waals surface area contributed by atoms with Crippen LogP contribution in [0.3, 0.4) is 0 Å². The first kappa shape index (κ1) is 10.1. The van der Waals surface area contributed by atoms with Crippen molar-refractivity contribution in [1.82, 2.24) is 14.6 Å².